The highest BCUT2D eigenvalue weighted by Gasteiger charge is 2.14. The van der Waals surface area contributed by atoms with Crippen molar-refractivity contribution in [1.82, 2.24) is 0 Å². The number of aryl methyl sites for hydroxylation is 1. The summed E-state index contributed by atoms with van der Waals surface area (Å²) in [7, 11) is 3.05. The largest absolute Gasteiger partial charge is 0.497 e. The van der Waals surface area contributed by atoms with E-state index in [4.69, 9.17) is 9.47 Å². The first kappa shape index (κ1) is 20.9. The van der Waals surface area contributed by atoms with Crippen LogP contribution < -0.4 is 20.1 Å². The lowest BCUT2D eigenvalue weighted by Crippen LogP contribution is -2.15. The molecule has 0 fully saturated rings. The normalized spacial score (nSPS) is 10.2. The van der Waals surface area contributed by atoms with E-state index < -0.39 is 0 Å². The molecule has 6 nitrogen and oxygen atoms in total. The van der Waals surface area contributed by atoms with Crippen LogP contribution in [-0.4, -0.2) is 26.0 Å². The van der Waals surface area contributed by atoms with Gasteiger partial charge in [-0.3, -0.25) is 9.59 Å². The summed E-state index contributed by atoms with van der Waals surface area (Å²) in [5.74, 6) is 0.613. The van der Waals surface area contributed by atoms with Crippen LogP contribution in [0.3, 0.4) is 0 Å². The summed E-state index contributed by atoms with van der Waals surface area (Å²) in [6, 6.07) is 21.9. The predicted octanol–water partition coefficient (Wildman–Crippen LogP) is 4.53. The molecule has 3 aromatic rings. The number of ether oxygens (including phenoxy) is 2. The number of carbonyl (C=O) groups is 2. The Labute approximate surface area is 175 Å². The van der Waals surface area contributed by atoms with Gasteiger partial charge in [-0.1, -0.05) is 36.4 Å². The first-order valence-corrected chi connectivity index (χ1v) is 9.56. The summed E-state index contributed by atoms with van der Waals surface area (Å²) in [6.45, 7) is 0. The van der Waals surface area contributed by atoms with Crippen LogP contribution in [0.25, 0.3) is 0 Å². The van der Waals surface area contributed by atoms with E-state index in [9.17, 15) is 9.59 Å². The molecule has 0 spiro atoms. The van der Waals surface area contributed by atoms with Gasteiger partial charge in [0.2, 0.25) is 5.91 Å². The lowest BCUT2D eigenvalue weighted by atomic mass is 10.1. The number of carbonyl (C=O) groups excluding carboxylic acids is 2. The van der Waals surface area contributed by atoms with Crippen molar-refractivity contribution in [1.29, 1.82) is 0 Å². The van der Waals surface area contributed by atoms with Crippen molar-refractivity contribution < 1.29 is 19.1 Å². The van der Waals surface area contributed by atoms with Gasteiger partial charge in [0.15, 0.2) is 0 Å². The van der Waals surface area contributed by atoms with Gasteiger partial charge in [-0.05, 0) is 42.3 Å². The third-order valence-electron chi connectivity index (χ3n) is 4.54. The van der Waals surface area contributed by atoms with Crippen LogP contribution in [0.2, 0.25) is 0 Å². The molecule has 0 heterocycles. The Kier molecular flexibility index (Phi) is 7.05. The molecule has 0 atom stereocenters. The molecular weight excluding hydrogens is 380 g/mol. The minimum absolute atomic E-state index is 0.0841. The van der Waals surface area contributed by atoms with E-state index in [1.54, 1.807) is 49.6 Å². The molecule has 6 heteroatoms. The van der Waals surface area contributed by atoms with E-state index in [1.807, 2.05) is 30.3 Å². The van der Waals surface area contributed by atoms with E-state index in [2.05, 4.69) is 10.6 Å². The van der Waals surface area contributed by atoms with Crippen molar-refractivity contribution in [3.05, 3.63) is 83.9 Å². The van der Waals surface area contributed by atoms with Crippen molar-refractivity contribution >= 4 is 23.2 Å². The topological polar surface area (TPSA) is 76.7 Å². The van der Waals surface area contributed by atoms with E-state index >= 15 is 0 Å². The number of amides is 2. The summed E-state index contributed by atoms with van der Waals surface area (Å²) < 4.78 is 10.4. The number of hydrogen-bond donors (Lipinski definition) is 2. The molecule has 30 heavy (non-hydrogen) atoms. The molecule has 0 aliphatic carbocycles. The van der Waals surface area contributed by atoms with Crippen LogP contribution in [0.15, 0.2) is 72.8 Å². The third-order valence-corrected chi connectivity index (χ3v) is 4.54. The fraction of sp³-hybridized carbons (Fsp3) is 0.167. The summed E-state index contributed by atoms with van der Waals surface area (Å²) in [4.78, 5) is 24.9. The molecule has 2 N–H and O–H groups in total. The highest BCUT2D eigenvalue weighted by atomic mass is 16.5. The number of benzene rings is 3. The molecular formula is C24H24N2O4. The minimum Gasteiger partial charge on any atom is -0.497 e. The number of nitrogens with one attached hydrogen (secondary N) is 2. The highest BCUT2D eigenvalue weighted by molar-refractivity contribution is 6.06. The van der Waals surface area contributed by atoms with Gasteiger partial charge in [0.25, 0.3) is 5.91 Å². The molecule has 3 aromatic carbocycles. The summed E-state index contributed by atoms with van der Waals surface area (Å²) in [5, 5.41) is 5.70. The summed E-state index contributed by atoms with van der Waals surface area (Å²) in [5.41, 5.74) is 2.68. The molecule has 0 bridgehead atoms. The smallest absolute Gasteiger partial charge is 0.259 e. The second-order valence-electron chi connectivity index (χ2n) is 6.63. The summed E-state index contributed by atoms with van der Waals surface area (Å²) >= 11 is 0. The zero-order valence-corrected chi connectivity index (χ0v) is 17.0. The van der Waals surface area contributed by atoms with Crippen molar-refractivity contribution in [3.63, 3.8) is 0 Å². The van der Waals surface area contributed by atoms with Crippen molar-refractivity contribution in [2.24, 2.45) is 0 Å². The second kappa shape index (κ2) is 10.1. The fourth-order valence-corrected chi connectivity index (χ4v) is 2.99. The van der Waals surface area contributed by atoms with Crippen LogP contribution in [0.4, 0.5) is 11.4 Å². The van der Waals surface area contributed by atoms with Crippen molar-refractivity contribution in [2.45, 2.75) is 12.8 Å². The van der Waals surface area contributed by atoms with Gasteiger partial charge in [-0.25, -0.2) is 0 Å². The molecule has 0 saturated carbocycles. The van der Waals surface area contributed by atoms with Gasteiger partial charge < -0.3 is 20.1 Å². The molecule has 154 valence electrons. The van der Waals surface area contributed by atoms with Gasteiger partial charge in [-0.15, -0.1) is 0 Å². The zero-order valence-electron chi connectivity index (χ0n) is 17.0. The molecule has 0 aliphatic heterocycles. The molecule has 0 aromatic heterocycles. The molecule has 0 aliphatic rings. The zero-order chi connectivity index (χ0) is 21.3. The van der Waals surface area contributed by atoms with Crippen LogP contribution in [0.5, 0.6) is 11.5 Å². The Bertz CT molecular complexity index is 1020. The number of hydrogen-bond acceptors (Lipinski definition) is 4. The Morgan fingerprint density at radius 2 is 1.53 bits per heavy atom. The number of anilines is 2. The monoisotopic (exact) mass is 404 g/mol. The maximum Gasteiger partial charge on any atom is 0.259 e. The lowest BCUT2D eigenvalue weighted by Gasteiger charge is -2.12. The van der Waals surface area contributed by atoms with E-state index in [1.165, 1.54) is 7.11 Å². The van der Waals surface area contributed by atoms with Crippen LogP contribution in [0, 0.1) is 0 Å². The Hall–Kier alpha value is -3.80. The number of rotatable bonds is 8. The highest BCUT2D eigenvalue weighted by Crippen LogP contribution is 2.26. The number of methoxy groups -OCH3 is 2. The van der Waals surface area contributed by atoms with E-state index in [-0.39, 0.29) is 11.8 Å². The van der Waals surface area contributed by atoms with Gasteiger partial charge in [0, 0.05) is 23.9 Å². The lowest BCUT2D eigenvalue weighted by molar-refractivity contribution is -0.116. The average Bonchev–Trinajstić information content (AvgIpc) is 2.78. The predicted molar refractivity (Wildman–Crippen MR) is 117 cm³/mol. The standard InChI is InChI=1S/C24H24N2O4/c1-29-20-12-13-21(22(16-20)30-2)24(28)26-19-10-6-9-18(15-19)25-23(27)14-11-17-7-4-3-5-8-17/h3-10,12-13,15-16H,11,14H2,1-2H3,(H,25,27)(H,26,28). The maximum absolute atomic E-state index is 12.7. The first-order chi connectivity index (χ1) is 14.6. The van der Waals surface area contributed by atoms with Crippen LogP contribution in [-0.2, 0) is 11.2 Å². The van der Waals surface area contributed by atoms with E-state index in [0.29, 0.717) is 41.3 Å². The molecule has 0 unspecified atom stereocenters. The second-order valence-corrected chi connectivity index (χ2v) is 6.63. The van der Waals surface area contributed by atoms with Crippen molar-refractivity contribution in [2.75, 3.05) is 24.9 Å². The van der Waals surface area contributed by atoms with Gasteiger partial charge >= 0.3 is 0 Å². The molecule has 2 amide bonds. The SMILES string of the molecule is COc1ccc(C(=O)Nc2cccc(NC(=O)CCc3ccccc3)c2)c(OC)c1. The van der Waals surface area contributed by atoms with Gasteiger partial charge in [0.1, 0.15) is 11.5 Å². The Morgan fingerprint density at radius 1 is 0.800 bits per heavy atom. The molecule has 0 radical (unpaired) electrons. The third kappa shape index (κ3) is 5.61. The van der Waals surface area contributed by atoms with Crippen LogP contribution >= 0.6 is 0 Å². The van der Waals surface area contributed by atoms with Gasteiger partial charge in [-0.2, -0.15) is 0 Å². The molecule has 3 rings (SSSR count). The van der Waals surface area contributed by atoms with Crippen LogP contribution in [0.1, 0.15) is 22.3 Å². The maximum atomic E-state index is 12.7. The first-order valence-electron chi connectivity index (χ1n) is 9.56. The Balaban J connectivity index is 1.62. The Morgan fingerprint density at radius 3 is 2.23 bits per heavy atom. The van der Waals surface area contributed by atoms with Gasteiger partial charge in [0.05, 0.1) is 19.8 Å². The minimum atomic E-state index is -0.318. The average molecular weight is 404 g/mol. The summed E-state index contributed by atoms with van der Waals surface area (Å²) in [6.07, 6.45) is 1.05. The molecule has 0 saturated heterocycles. The quantitative estimate of drug-likeness (QED) is 0.578. The van der Waals surface area contributed by atoms with E-state index in [0.717, 1.165) is 5.56 Å². The fourth-order valence-electron chi connectivity index (χ4n) is 2.99. The van der Waals surface area contributed by atoms with Crippen molar-refractivity contribution in [3.8, 4) is 11.5 Å².